The van der Waals surface area contributed by atoms with Crippen LogP contribution in [0.25, 0.3) is 0 Å². The summed E-state index contributed by atoms with van der Waals surface area (Å²) in [6, 6.07) is 6.63. The molecule has 0 unspecified atom stereocenters. The molecule has 0 spiro atoms. The Bertz CT molecular complexity index is 666. The number of aromatic nitrogens is 1. The highest BCUT2D eigenvalue weighted by Gasteiger charge is 2.17. The lowest BCUT2D eigenvalue weighted by Gasteiger charge is -2.05. The van der Waals surface area contributed by atoms with Crippen molar-refractivity contribution < 1.29 is 9.32 Å². The number of amides is 1. The summed E-state index contributed by atoms with van der Waals surface area (Å²) in [5.74, 6) is 0.131. The van der Waals surface area contributed by atoms with E-state index in [2.05, 4.69) is 10.5 Å². The van der Waals surface area contributed by atoms with Crippen molar-refractivity contribution in [2.24, 2.45) is 0 Å². The van der Waals surface area contributed by atoms with Gasteiger partial charge in [-0.05, 0) is 32.0 Å². The Morgan fingerprint density at radius 1 is 1.47 bits per heavy atom. The van der Waals surface area contributed by atoms with Gasteiger partial charge in [0.15, 0.2) is 0 Å². The quantitative estimate of drug-likeness (QED) is 0.913. The monoisotopic (exact) mass is 275 g/mol. The maximum absolute atomic E-state index is 12.1. The van der Waals surface area contributed by atoms with Gasteiger partial charge in [-0.2, -0.15) is 5.26 Å². The molecule has 19 heavy (non-hydrogen) atoms. The maximum Gasteiger partial charge on any atom is 0.261 e. The number of anilines is 1. The summed E-state index contributed by atoms with van der Waals surface area (Å²) in [7, 11) is 0. The number of hydrogen-bond donors (Lipinski definition) is 1. The predicted octanol–water partition coefficient (Wildman–Crippen LogP) is 3.07. The number of nitriles is 1. The zero-order chi connectivity index (χ0) is 14.0. The van der Waals surface area contributed by atoms with Crippen molar-refractivity contribution in [2.45, 2.75) is 13.8 Å². The molecule has 5 nitrogen and oxygen atoms in total. The Morgan fingerprint density at radius 2 is 2.21 bits per heavy atom. The van der Waals surface area contributed by atoms with E-state index >= 15 is 0 Å². The lowest BCUT2D eigenvalue weighted by molar-refractivity contribution is 0.102. The van der Waals surface area contributed by atoms with Gasteiger partial charge in [0, 0.05) is 5.69 Å². The number of halogens is 1. The van der Waals surface area contributed by atoms with Crippen LogP contribution in [0.5, 0.6) is 0 Å². The molecule has 0 radical (unpaired) electrons. The van der Waals surface area contributed by atoms with Crippen molar-refractivity contribution in [1.82, 2.24) is 5.16 Å². The number of benzene rings is 1. The number of nitrogens with one attached hydrogen (secondary N) is 1. The van der Waals surface area contributed by atoms with Crippen LogP contribution in [0.4, 0.5) is 5.69 Å². The minimum absolute atomic E-state index is 0.291. The second kappa shape index (κ2) is 5.12. The zero-order valence-corrected chi connectivity index (χ0v) is 11.1. The standard InChI is InChI=1S/C13H10ClN3O2/c1-7-12(8(2)19-17-7)13(18)16-10-4-3-9(6-15)11(14)5-10/h3-5H,1-2H3,(H,16,18). The van der Waals surface area contributed by atoms with E-state index in [-0.39, 0.29) is 5.91 Å². The van der Waals surface area contributed by atoms with Crippen molar-refractivity contribution >= 4 is 23.2 Å². The summed E-state index contributed by atoms with van der Waals surface area (Å²) >= 11 is 5.90. The first-order valence-electron chi connectivity index (χ1n) is 5.47. The molecule has 1 N–H and O–H groups in total. The van der Waals surface area contributed by atoms with Crippen LogP contribution >= 0.6 is 11.6 Å². The van der Waals surface area contributed by atoms with Gasteiger partial charge in [-0.25, -0.2) is 0 Å². The van der Waals surface area contributed by atoms with Gasteiger partial charge >= 0.3 is 0 Å². The molecular weight excluding hydrogens is 266 g/mol. The number of rotatable bonds is 2. The van der Waals surface area contributed by atoms with E-state index in [1.807, 2.05) is 6.07 Å². The minimum Gasteiger partial charge on any atom is -0.361 e. The van der Waals surface area contributed by atoms with E-state index in [0.717, 1.165) is 0 Å². The SMILES string of the molecule is Cc1noc(C)c1C(=O)Nc1ccc(C#N)c(Cl)c1. The van der Waals surface area contributed by atoms with Crippen molar-refractivity contribution in [2.75, 3.05) is 5.32 Å². The Hall–Kier alpha value is -2.32. The largest absolute Gasteiger partial charge is 0.361 e. The summed E-state index contributed by atoms with van der Waals surface area (Å²) in [5.41, 5.74) is 1.79. The molecule has 0 aliphatic rings. The number of hydrogen-bond acceptors (Lipinski definition) is 4. The smallest absolute Gasteiger partial charge is 0.261 e. The second-order valence-electron chi connectivity index (χ2n) is 3.96. The molecule has 0 aliphatic carbocycles. The van der Waals surface area contributed by atoms with Gasteiger partial charge in [-0.1, -0.05) is 16.8 Å². The fourth-order valence-electron chi connectivity index (χ4n) is 1.68. The molecule has 96 valence electrons. The highest BCUT2D eigenvalue weighted by molar-refractivity contribution is 6.32. The summed E-state index contributed by atoms with van der Waals surface area (Å²) < 4.78 is 4.93. The van der Waals surface area contributed by atoms with Crippen LogP contribution in [0.1, 0.15) is 27.4 Å². The van der Waals surface area contributed by atoms with Gasteiger partial charge in [-0.15, -0.1) is 0 Å². The van der Waals surface area contributed by atoms with Gasteiger partial charge in [0.05, 0.1) is 16.3 Å². The van der Waals surface area contributed by atoms with E-state index in [1.54, 1.807) is 26.0 Å². The third kappa shape index (κ3) is 2.59. The molecule has 1 aromatic heterocycles. The lowest BCUT2D eigenvalue weighted by atomic mass is 10.1. The molecule has 1 aromatic carbocycles. The Balaban J connectivity index is 2.25. The molecule has 0 fully saturated rings. The van der Waals surface area contributed by atoms with Crippen molar-refractivity contribution in [3.05, 3.63) is 45.8 Å². The predicted molar refractivity (Wildman–Crippen MR) is 70.1 cm³/mol. The first-order chi connectivity index (χ1) is 9.02. The van der Waals surface area contributed by atoms with E-state index in [1.165, 1.54) is 6.07 Å². The average molecular weight is 276 g/mol. The van der Waals surface area contributed by atoms with E-state index < -0.39 is 0 Å². The summed E-state index contributed by atoms with van der Waals surface area (Å²) in [4.78, 5) is 12.1. The molecule has 0 atom stereocenters. The molecule has 2 rings (SSSR count). The van der Waals surface area contributed by atoms with Crippen LogP contribution in [-0.2, 0) is 0 Å². The van der Waals surface area contributed by atoms with Gasteiger partial charge in [0.25, 0.3) is 5.91 Å². The topological polar surface area (TPSA) is 78.9 Å². The minimum atomic E-state index is -0.322. The number of carbonyl (C=O) groups is 1. The number of aryl methyl sites for hydroxylation is 2. The lowest BCUT2D eigenvalue weighted by Crippen LogP contribution is -2.13. The summed E-state index contributed by atoms with van der Waals surface area (Å²) in [6.07, 6.45) is 0. The fourth-order valence-corrected chi connectivity index (χ4v) is 1.91. The highest BCUT2D eigenvalue weighted by Crippen LogP contribution is 2.21. The molecule has 6 heteroatoms. The third-order valence-corrected chi connectivity index (χ3v) is 2.92. The molecule has 0 saturated heterocycles. The van der Waals surface area contributed by atoms with Crippen molar-refractivity contribution in [3.63, 3.8) is 0 Å². The van der Waals surface area contributed by atoms with Crippen molar-refractivity contribution in [3.8, 4) is 6.07 Å². The van der Waals surface area contributed by atoms with Gasteiger partial charge in [0.1, 0.15) is 17.4 Å². The number of nitrogens with zero attached hydrogens (tertiary/aromatic N) is 2. The Morgan fingerprint density at radius 3 is 2.74 bits per heavy atom. The molecule has 0 aliphatic heterocycles. The molecule has 2 aromatic rings. The molecular formula is C13H10ClN3O2. The maximum atomic E-state index is 12.1. The Kier molecular flexibility index (Phi) is 3.54. The van der Waals surface area contributed by atoms with Crippen LogP contribution < -0.4 is 5.32 Å². The Labute approximate surface area is 114 Å². The summed E-state index contributed by atoms with van der Waals surface area (Å²) in [6.45, 7) is 3.36. The van der Waals surface area contributed by atoms with Crippen molar-refractivity contribution in [1.29, 1.82) is 5.26 Å². The zero-order valence-electron chi connectivity index (χ0n) is 10.3. The van der Waals surface area contributed by atoms with Crippen LogP contribution in [0.3, 0.4) is 0 Å². The molecule has 1 amide bonds. The van der Waals surface area contributed by atoms with E-state index in [4.69, 9.17) is 21.4 Å². The number of carbonyl (C=O) groups excluding carboxylic acids is 1. The third-order valence-electron chi connectivity index (χ3n) is 2.61. The first kappa shape index (κ1) is 13.1. The van der Waals surface area contributed by atoms with Gasteiger partial charge in [0.2, 0.25) is 0 Å². The molecule has 1 heterocycles. The van der Waals surface area contributed by atoms with Crippen LogP contribution in [0.2, 0.25) is 5.02 Å². The first-order valence-corrected chi connectivity index (χ1v) is 5.84. The molecule has 0 bridgehead atoms. The van der Waals surface area contributed by atoms with E-state index in [9.17, 15) is 4.79 Å². The van der Waals surface area contributed by atoms with Crippen LogP contribution in [-0.4, -0.2) is 11.1 Å². The van der Waals surface area contributed by atoms with Gasteiger partial charge in [-0.3, -0.25) is 4.79 Å². The fraction of sp³-hybridized carbons (Fsp3) is 0.154. The summed E-state index contributed by atoms with van der Waals surface area (Å²) in [5, 5.41) is 15.5. The highest BCUT2D eigenvalue weighted by atomic mass is 35.5. The van der Waals surface area contributed by atoms with Crippen LogP contribution in [0.15, 0.2) is 22.7 Å². The second-order valence-corrected chi connectivity index (χ2v) is 4.37. The average Bonchev–Trinajstić information content (AvgIpc) is 2.69. The van der Waals surface area contributed by atoms with Crippen LogP contribution in [0, 0.1) is 25.2 Å². The normalized spacial score (nSPS) is 10.0. The van der Waals surface area contributed by atoms with E-state index in [0.29, 0.717) is 33.3 Å². The molecule has 0 saturated carbocycles. The van der Waals surface area contributed by atoms with Gasteiger partial charge < -0.3 is 9.84 Å².